The van der Waals surface area contributed by atoms with E-state index < -0.39 is 15.8 Å². The lowest BCUT2D eigenvalue weighted by atomic mass is 10.0. The highest BCUT2D eigenvalue weighted by atomic mass is 35.5. The number of ether oxygens (including phenoxy) is 2. The number of benzene rings is 3. The highest BCUT2D eigenvalue weighted by Crippen LogP contribution is 2.43. The van der Waals surface area contributed by atoms with Crippen molar-refractivity contribution >= 4 is 38.9 Å². The highest BCUT2D eigenvalue weighted by Gasteiger charge is 2.23. The summed E-state index contributed by atoms with van der Waals surface area (Å²) in [7, 11) is -3.88. The Morgan fingerprint density at radius 1 is 0.929 bits per heavy atom. The van der Waals surface area contributed by atoms with Gasteiger partial charge in [0.15, 0.2) is 17.3 Å². The molecule has 0 bridgehead atoms. The van der Waals surface area contributed by atoms with E-state index in [1.807, 2.05) is 0 Å². The van der Waals surface area contributed by atoms with E-state index >= 15 is 0 Å². The van der Waals surface area contributed by atoms with Gasteiger partial charge < -0.3 is 9.47 Å². The first-order valence-electron chi connectivity index (χ1n) is 8.01. The first-order valence-corrected chi connectivity index (χ1v) is 10.3. The lowest BCUT2D eigenvalue weighted by Gasteiger charge is -2.15. The van der Waals surface area contributed by atoms with Crippen molar-refractivity contribution in [3.63, 3.8) is 0 Å². The molecule has 0 amide bonds. The normalized spacial score (nSPS) is 12.8. The Labute approximate surface area is 170 Å². The molecule has 4 rings (SSSR count). The van der Waals surface area contributed by atoms with E-state index in [2.05, 4.69) is 4.72 Å². The Bertz CT molecular complexity index is 1150. The van der Waals surface area contributed by atoms with Crippen LogP contribution in [0.1, 0.15) is 0 Å². The molecule has 0 spiro atoms. The molecule has 0 saturated heterocycles. The van der Waals surface area contributed by atoms with Gasteiger partial charge >= 0.3 is 0 Å². The third-order valence-corrected chi connectivity index (χ3v) is 6.04. The second-order valence-corrected chi connectivity index (χ2v) is 8.42. The number of nitrogens with one attached hydrogen (secondary N) is 1. The topological polar surface area (TPSA) is 64.6 Å². The summed E-state index contributed by atoms with van der Waals surface area (Å²) in [5, 5.41) is -0.367. The van der Waals surface area contributed by atoms with Crippen molar-refractivity contribution in [2.75, 3.05) is 11.5 Å². The molecule has 0 atom stereocenters. The van der Waals surface area contributed by atoms with Crippen LogP contribution in [0.3, 0.4) is 0 Å². The van der Waals surface area contributed by atoms with Gasteiger partial charge in [-0.05, 0) is 35.9 Å². The summed E-state index contributed by atoms with van der Waals surface area (Å²) >= 11 is 11.8. The van der Waals surface area contributed by atoms with E-state index in [9.17, 15) is 12.8 Å². The second-order valence-electron chi connectivity index (χ2n) is 5.92. The van der Waals surface area contributed by atoms with Gasteiger partial charge in [-0.2, -0.15) is 0 Å². The first kappa shape index (κ1) is 18.9. The summed E-state index contributed by atoms with van der Waals surface area (Å²) in [5.41, 5.74) is 1.04. The predicted octanol–water partition coefficient (Wildman–Crippen LogP) is 5.33. The fraction of sp³-hybridized carbons (Fsp3) is 0.0526. The number of hydrogen-bond donors (Lipinski definition) is 1. The van der Waals surface area contributed by atoms with Gasteiger partial charge in [-0.15, -0.1) is 0 Å². The number of rotatable bonds is 4. The van der Waals surface area contributed by atoms with Crippen molar-refractivity contribution in [3.8, 4) is 22.6 Å². The summed E-state index contributed by atoms with van der Waals surface area (Å²) in [4.78, 5) is 0.0915. The zero-order valence-electron chi connectivity index (χ0n) is 14.1. The second kappa shape index (κ2) is 7.16. The molecule has 9 heteroatoms. The van der Waals surface area contributed by atoms with Crippen LogP contribution in [0.2, 0.25) is 10.0 Å². The Hall–Kier alpha value is -2.48. The van der Waals surface area contributed by atoms with E-state index in [1.54, 1.807) is 24.3 Å². The average Bonchev–Trinajstić information content (AvgIpc) is 3.13. The summed E-state index contributed by atoms with van der Waals surface area (Å²) in [6.45, 7) is 0.00852. The van der Waals surface area contributed by atoms with Gasteiger partial charge in [-0.1, -0.05) is 41.4 Å². The molecule has 1 aliphatic rings. The van der Waals surface area contributed by atoms with Crippen LogP contribution in [-0.4, -0.2) is 15.2 Å². The van der Waals surface area contributed by atoms with Crippen LogP contribution in [-0.2, 0) is 10.0 Å². The van der Waals surface area contributed by atoms with Gasteiger partial charge in [-0.3, -0.25) is 4.72 Å². The molecule has 0 unspecified atom stereocenters. The highest BCUT2D eigenvalue weighted by molar-refractivity contribution is 7.92. The van der Waals surface area contributed by atoms with E-state index in [0.717, 1.165) is 0 Å². The van der Waals surface area contributed by atoms with E-state index in [1.165, 1.54) is 30.3 Å². The average molecular weight is 440 g/mol. The summed E-state index contributed by atoms with van der Waals surface area (Å²) in [6.07, 6.45) is 0. The van der Waals surface area contributed by atoms with Crippen LogP contribution in [0.25, 0.3) is 11.1 Å². The predicted molar refractivity (Wildman–Crippen MR) is 105 cm³/mol. The van der Waals surface area contributed by atoms with E-state index in [-0.39, 0.29) is 27.4 Å². The monoisotopic (exact) mass is 439 g/mol. The summed E-state index contributed by atoms with van der Waals surface area (Å²) < 4.78 is 52.6. The minimum absolute atomic E-state index is 0.00852. The van der Waals surface area contributed by atoms with Crippen molar-refractivity contribution in [1.82, 2.24) is 0 Å². The van der Waals surface area contributed by atoms with Crippen LogP contribution < -0.4 is 14.2 Å². The Morgan fingerprint density at radius 3 is 2.18 bits per heavy atom. The molecule has 0 saturated carbocycles. The Kier molecular flexibility index (Phi) is 4.82. The lowest BCUT2D eigenvalue weighted by Crippen LogP contribution is -2.13. The minimum Gasteiger partial charge on any atom is -0.454 e. The largest absolute Gasteiger partial charge is 0.454 e. The van der Waals surface area contributed by atoms with E-state index in [0.29, 0.717) is 22.6 Å². The zero-order chi connectivity index (χ0) is 19.9. The SMILES string of the molecule is O=S(=O)(Nc1cc2c(cc1-c1cc(Cl)c(F)c(Cl)c1)OCO2)c1ccccc1. The molecular formula is C19H12Cl2FNO4S. The molecule has 144 valence electrons. The smallest absolute Gasteiger partial charge is 0.261 e. The lowest BCUT2D eigenvalue weighted by molar-refractivity contribution is 0.174. The van der Waals surface area contributed by atoms with Gasteiger partial charge in [0, 0.05) is 11.6 Å². The van der Waals surface area contributed by atoms with Crippen molar-refractivity contribution < 1.29 is 22.3 Å². The molecule has 3 aromatic rings. The molecule has 0 radical (unpaired) electrons. The fourth-order valence-electron chi connectivity index (χ4n) is 2.78. The summed E-state index contributed by atoms with van der Waals surface area (Å²) in [5.74, 6) is 0.0577. The fourth-order valence-corrected chi connectivity index (χ4v) is 4.36. The quantitative estimate of drug-likeness (QED) is 0.558. The van der Waals surface area contributed by atoms with Gasteiger partial charge in [0.1, 0.15) is 0 Å². The van der Waals surface area contributed by atoms with Crippen molar-refractivity contribution in [2.24, 2.45) is 0 Å². The molecule has 0 aromatic heterocycles. The van der Waals surface area contributed by atoms with Gasteiger partial charge in [0.2, 0.25) is 6.79 Å². The third-order valence-electron chi connectivity index (χ3n) is 4.11. The standard InChI is InChI=1S/C19H12Cl2FNO4S/c20-14-6-11(7-15(21)19(14)22)13-8-17-18(27-10-26-17)9-16(13)23-28(24,25)12-4-2-1-3-5-12/h1-9,23H,10H2. The van der Waals surface area contributed by atoms with Crippen LogP contribution in [0, 0.1) is 5.82 Å². The maximum Gasteiger partial charge on any atom is 0.261 e. The van der Waals surface area contributed by atoms with Crippen molar-refractivity contribution in [3.05, 3.63) is 70.5 Å². The van der Waals surface area contributed by atoms with Crippen molar-refractivity contribution in [1.29, 1.82) is 0 Å². The molecule has 3 aromatic carbocycles. The van der Waals surface area contributed by atoms with Crippen LogP contribution in [0.5, 0.6) is 11.5 Å². The van der Waals surface area contributed by atoms with E-state index in [4.69, 9.17) is 32.7 Å². The van der Waals surface area contributed by atoms with Gasteiger partial charge in [0.25, 0.3) is 10.0 Å². The van der Waals surface area contributed by atoms with Gasteiger partial charge in [-0.25, -0.2) is 12.8 Å². The van der Waals surface area contributed by atoms with Crippen molar-refractivity contribution in [2.45, 2.75) is 4.90 Å². The summed E-state index contributed by atoms with van der Waals surface area (Å²) in [6, 6.07) is 13.7. The molecule has 1 N–H and O–H groups in total. The van der Waals surface area contributed by atoms with Crippen LogP contribution in [0.15, 0.2) is 59.5 Å². The maximum atomic E-state index is 13.8. The molecule has 5 nitrogen and oxygen atoms in total. The van der Waals surface area contributed by atoms with Crippen LogP contribution in [0.4, 0.5) is 10.1 Å². The van der Waals surface area contributed by atoms with Crippen LogP contribution >= 0.6 is 23.2 Å². The molecule has 1 aliphatic heterocycles. The molecule has 0 fully saturated rings. The number of anilines is 1. The third kappa shape index (κ3) is 3.48. The number of halogens is 3. The first-order chi connectivity index (χ1) is 13.3. The molecule has 1 heterocycles. The molecule has 28 heavy (non-hydrogen) atoms. The minimum atomic E-state index is -3.88. The Morgan fingerprint density at radius 2 is 1.54 bits per heavy atom. The van der Waals surface area contributed by atoms with Gasteiger partial charge in [0.05, 0.1) is 20.6 Å². The number of sulfonamides is 1. The zero-order valence-corrected chi connectivity index (χ0v) is 16.4. The number of fused-ring (bicyclic) bond motifs is 1. The Balaban J connectivity index is 1.86. The molecule has 0 aliphatic carbocycles. The number of hydrogen-bond acceptors (Lipinski definition) is 4. The molecular weight excluding hydrogens is 428 g/mol. The maximum absolute atomic E-state index is 13.8.